The van der Waals surface area contributed by atoms with Crippen LogP contribution in [-0.2, 0) is 23.8 Å². The molecule has 1 amide bonds. The Morgan fingerprint density at radius 3 is 2.39 bits per heavy atom. The Bertz CT molecular complexity index is 587. The third kappa shape index (κ3) is 4.36. The zero-order valence-corrected chi connectivity index (χ0v) is 18.5. The molecule has 0 aromatic carbocycles. The Hall–Kier alpha value is -1.18. The van der Waals surface area contributed by atoms with Gasteiger partial charge in [0.05, 0.1) is 0 Å². The summed E-state index contributed by atoms with van der Waals surface area (Å²) in [6, 6.07) is -1.00. The monoisotopic (exact) mass is 399 g/mol. The van der Waals surface area contributed by atoms with Crippen molar-refractivity contribution in [1.82, 2.24) is 4.90 Å². The highest BCUT2D eigenvalue weighted by molar-refractivity contribution is 5.82. The molecule has 2 rings (SSSR count). The Morgan fingerprint density at radius 2 is 1.89 bits per heavy atom. The molecular formula is C21H37NO6. The highest BCUT2D eigenvalue weighted by Gasteiger charge is 2.60. The molecule has 0 aromatic heterocycles. The quantitative estimate of drug-likeness (QED) is 0.716. The standard InChI is InChI=1S/C21H37NO6/c1-12(2)15-10-9-13(3)11-16(15)27-19(24)21(7,25)17-18(26-8)28-20(5,6)22(17)14(4)23/h12-13,15-18,25H,9-11H2,1-8H3/t13-,15+,16-,17-,18-,21-/m1/s1. The van der Waals surface area contributed by atoms with Crippen LogP contribution >= 0.6 is 0 Å². The van der Waals surface area contributed by atoms with Gasteiger partial charge in [-0.3, -0.25) is 4.79 Å². The maximum Gasteiger partial charge on any atom is 0.340 e. The van der Waals surface area contributed by atoms with E-state index in [9.17, 15) is 14.7 Å². The van der Waals surface area contributed by atoms with E-state index >= 15 is 0 Å². The van der Waals surface area contributed by atoms with Crippen LogP contribution < -0.4 is 0 Å². The van der Waals surface area contributed by atoms with E-state index in [2.05, 4.69) is 20.8 Å². The third-order valence-corrected chi connectivity index (χ3v) is 6.30. The summed E-state index contributed by atoms with van der Waals surface area (Å²) < 4.78 is 17.0. The lowest BCUT2D eigenvalue weighted by molar-refractivity contribution is -0.193. The first-order valence-corrected chi connectivity index (χ1v) is 10.3. The second kappa shape index (κ2) is 8.28. The molecule has 1 N–H and O–H groups in total. The number of methoxy groups -OCH3 is 1. The van der Waals surface area contributed by atoms with Crippen LogP contribution in [0.25, 0.3) is 0 Å². The minimum Gasteiger partial charge on any atom is -0.460 e. The highest BCUT2D eigenvalue weighted by atomic mass is 16.7. The minimum absolute atomic E-state index is 0.246. The van der Waals surface area contributed by atoms with Gasteiger partial charge >= 0.3 is 5.97 Å². The Labute approximate surface area is 168 Å². The molecule has 162 valence electrons. The van der Waals surface area contributed by atoms with Gasteiger partial charge in [0, 0.05) is 14.0 Å². The van der Waals surface area contributed by atoms with Crippen LogP contribution in [0.5, 0.6) is 0 Å². The van der Waals surface area contributed by atoms with Gasteiger partial charge in [0.1, 0.15) is 17.9 Å². The maximum atomic E-state index is 13.1. The molecule has 0 spiro atoms. The molecule has 1 saturated heterocycles. The van der Waals surface area contributed by atoms with E-state index in [4.69, 9.17) is 14.2 Å². The van der Waals surface area contributed by atoms with Gasteiger partial charge in [0.2, 0.25) is 5.91 Å². The van der Waals surface area contributed by atoms with Gasteiger partial charge in [-0.25, -0.2) is 4.79 Å². The van der Waals surface area contributed by atoms with Crippen molar-refractivity contribution in [3.8, 4) is 0 Å². The lowest BCUT2D eigenvalue weighted by Crippen LogP contribution is -2.61. The van der Waals surface area contributed by atoms with Gasteiger partial charge in [-0.2, -0.15) is 0 Å². The van der Waals surface area contributed by atoms with Gasteiger partial charge in [0.15, 0.2) is 11.9 Å². The molecule has 1 aliphatic carbocycles. The van der Waals surface area contributed by atoms with Crippen molar-refractivity contribution in [2.45, 2.75) is 97.5 Å². The van der Waals surface area contributed by atoms with Crippen LogP contribution in [-0.4, -0.2) is 58.8 Å². The molecule has 7 nitrogen and oxygen atoms in total. The summed E-state index contributed by atoms with van der Waals surface area (Å²) in [4.78, 5) is 26.8. The van der Waals surface area contributed by atoms with Crippen molar-refractivity contribution in [3.63, 3.8) is 0 Å². The predicted molar refractivity (Wildman–Crippen MR) is 104 cm³/mol. The number of nitrogens with zero attached hydrogens (tertiary/aromatic N) is 1. The maximum absolute atomic E-state index is 13.1. The molecule has 0 radical (unpaired) electrons. The average molecular weight is 400 g/mol. The number of hydrogen-bond donors (Lipinski definition) is 1. The lowest BCUT2D eigenvalue weighted by Gasteiger charge is -2.41. The van der Waals surface area contributed by atoms with E-state index in [-0.39, 0.29) is 17.9 Å². The van der Waals surface area contributed by atoms with Gasteiger partial charge in [-0.15, -0.1) is 0 Å². The average Bonchev–Trinajstić information content (AvgIpc) is 2.85. The Morgan fingerprint density at radius 1 is 1.29 bits per heavy atom. The van der Waals surface area contributed by atoms with Crippen molar-refractivity contribution < 1.29 is 28.9 Å². The summed E-state index contributed by atoms with van der Waals surface area (Å²) in [5, 5.41) is 11.2. The second-order valence-electron chi connectivity index (χ2n) is 9.42. The number of ether oxygens (including phenoxy) is 3. The third-order valence-electron chi connectivity index (χ3n) is 6.30. The molecule has 7 heteroatoms. The summed E-state index contributed by atoms with van der Waals surface area (Å²) in [6.07, 6.45) is 1.71. The SMILES string of the molecule is CO[C@@H]1OC(C)(C)N(C(C)=O)[C@H]1[C@@](C)(O)C(=O)O[C@@H]1C[C@H](C)CC[C@H]1C(C)C. The molecule has 0 unspecified atom stereocenters. The van der Waals surface area contributed by atoms with Crippen molar-refractivity contribution in [3.05, 3.63) is 0 Å². The molecule has 6 atom stereocenters. The molecule has 28 heavy (non-hydrogen) atoms. The molecule has 2 aliphatic rings. The smallest absolute Gasteiger partial charge is 0.340 e. The van der Waals surface area contributed by atoms with Crippen molar-refractivity contribution >= 4 is 11.9 Å². The number of carbonyl (C=O) groups excluding carboxylic acids is 2. The summed E-state index contributed by atoms with van der Waals surface area (Å²) in [7, 11) is 1.43. The number of esters is 1. The largest absolute Gasteiger partial charge is 0.460 e. The number of aliphatic hydroxyl groups is 1. The van der Waals surface area contributed by atoms with Crippen LogP contribution in [0.15, 0.2) is 0 Å². The van der Waals surface area contributed by atoms with Crippen LogP contribution in [0.3, 0.4) is 0 Å². The fourth-order valence-electron chi connectivity index (χ4n) is 4.76. The molecule has 1 saturated carbocycles. The van der Waals surface area contributed by atoms with Crippen LogP contribution in [0.2, 0.25) is 0 Å². The molecule has 2 fully saturated rings. The van der Waals surface area contributed by atoms with Crippen molar-refractivity contribution in [2.75, 3.05) is 7.11 Å². The highest BCUT2D eigenvalue weighted by Crippen LogP contribution is 2.40. The first kappa shape index (κ1) is 23.1. The molecule has 0 bridgehead atoms. The van der Waals surface area contributed by atoms with E-state index in [1.54, 1.807) is 13.8 Å². The van der Waals surface area contributed by atoms with Crippen LogP contribution in [0, 0.1) is 17.8 Å². The first-order valence-electron chi connectivity index (χ1n) is 10.3. The lowest BCUT2D eigenvalue weighted by atomic mass is 9.75. The fourth-order valence-corrected chi connectivity index (χ4v) is 4.76. The normalized spacial score (nSPS) is 34.9. The zero-order valence-electron chi connectivity index (χ0n) is 18.5. The molecule has 1 aliphatic heterocycles. The van der Waals surface area contributed by atoms with E-state index in [0.717, 1.165) is 19.3 Å². The summed E-state index contributed by atoms with van der Waals surface area (Å²) >= 11 is 0. The zero-order chi connectivity index (χ0) is 21.4. The predicted octanol–water partition coefficient (Wildman–Crippen LogP) is 2.70. The second-order valence-corrected chi connectivity index (χ2v) is 9.42. The van der Waals surface area contributed by atoms with Crippen LogP contribution in [0.1, 0.15) is 67.7 Å². The first-order chi connectivity index (χ1) is 12.8. The van der Waals surface area contributed by atoms with Crippen molar-refractivity contribution in [1.29, 1.82) is 0 Å². The van der Waals surface area contributed by atoms with E-state index < -0.39 is 29.6 Å². The Balaban J connectivity index is 2.28. The van der Waals surface area contributed by atoms with Gasteiger partial charge in [0.25, 0.3) is 0 Å². The number of hydrogen-bond acceptors (Lipinski definition) is 6. The molecule has 1 heterocycles. The van der Waals surface area contributed by atoms with E-state index in [0.29, 0.717) is 11.8 Å². The summed E-state index contributed by atoms with van der Waals surface area (Å²) in [5.74, 6) is 0.0524. The van der Waals surface area contributed by atoms with E-state index in [1.165, 1.54) is 25.9 Å². The number of rotatable bonds is 5. The minimum atomic E-state index is -1.97. The fraction of sp³-hybridized carbons (Fsp3) is 0.905. The molecular weight excluding hydrogens is 362 g/mol. The van der Waals surface area contributed by atoms with Gasteiger partial charge in [-0.1, -0.05) is 27.2 Å². The van der Waals surface area contributed by atoms with Gasteiger partial charge < -0.3 is 24.2 Å². The van der Waals surface area contributed by atoms with Crippen molar-refractivity contribution in [2.24, 2.45) is 17.8 Å². The van der Waals surface area contributed by atoms with E-state index in [1.807, 2.05) is 0 Å². The topological polar surface area (TPSA) is 85.3 Å². The molecule has 0 aromatic rings. The number of amides is 1. The number of carbonyl (C=O) groups is 2. The summed E-state index contributed by atoms with van der Waals surface area (Å²) in [6.45, 7) is 12.6. The van der Waals surface area contributed by atoms with Gasteiger partial charge in [-0.05, 0) is 51.4 Å². The summed E-state index contributed by atoms with van der Waals surface area (Å²) in [5.41, 5.74) is -2.98. The van der Waals surface area contributed by atoms with Crippen LogP contribution in [0.4, 0.5) is 0 Å². The Kier molecular flexibility index (Phi) is 6.83.